The van der Waals surface area contributed by atoms with Gasteiger partial charge in [-0.2, -0.15) is 0 Å². The molecule has 4 rings (SSSR count). The smallest absolute Gasteiger partial charge is 0.251 e. The summed E-state index contributed by atoms with van der Waals surface area (Å²) < 4.78 is 19.1. The summed E-state index contributed by atoms with van der Waals surface area (Å²) in [6.45, 7) is 4.00. The normalized spacial score (nSPS) is 13.6. The molecule has 0 unspecified atom stereocenters. The van der Waals surface area contributed by atoms with Crippen LogP contribution < -0.4 is 15.1 Å². The number of aromatic nitrogens is 2. The zero-order valence-corrected chi connectivity index (χ0v) is 21.7. The van der Waals surface area contributed by atoms with Gasteiger partial charge in [-0.15, -0.1) is 0 Å². The first-order valence-electron chi connectivity index (χ1n) is 11.8. The lowest BCUT2D eigenvalue weighted by molar-refractivity contribution is 0.0948. The van der Waals surface area contributed by atoms with E-state index >= 15 is 0 Å². The van der Waals surface area contributed by atoms with E-state index in [1.807, 2.05) is 41.3 Å². The Labute approximate surface area is 220 Å². The van der Waals surface area contributed by atoms with Crippen molar-refractivity contribution >= 4 is 40.8 Å². The zero-order chi connectivity index (χ0) is 25.3. The summed E-state index contributed by atoms with van der Waals surface area (Å²) >= 11 is 7.80. The number of anilines is 2. The van der Waals surface area contributed by atoms with Crippen LogP contribution in [-0.2, 0) is 10.5 Å². The SMILES string of the molecule is COCCCNC(=O)c1ccc(CSc2nc(Cl)cc(N3CCN(c4ccccc4F)CC3)n2)cc1. The number of halogens is 2. The van der Waals surface area contributed by atoms with Crippen LogP contribution in [0.3, 0.4) is 0 Å². The predicted molar refractivity (Wildman–Crippen MR) is 143 cm³/mol. The first-order chi connectivity index (χ1) is 17.5. The van der Waals surface area contributed by atoms with E-state index < -0.39 is 0 Å². The lowest BCUT2D eigenvalue weighted by Crippen LogP contribution is -2.47. The van der Waals surface area contributed by atoms with Crippen molar-refractivity contribution in [2.24, 2.45) is 0 Å². The predicted octanol–water partition coefficient (Wildman–Crippen LogP) is 4.65. The molecule has 3 aromatic rings. The van der Waals surface area contributed by atoms with Crippen LogP contribution in [0.5, 0.6) is 0 Å². The van der Waals surface area contributed by atoms with Crippen molar-refractivity contribution in [2.45, 2.75) is 17.3 Å². The fraction of sp³-hybridized carbons (Fsp3) is 0.346. The van der Waals surface area contributed by atoms with Gasteiger partial charge < -0.3 is 19.9 Å². The van der Waals surface area contributed by atoms with Crippen molar-refractivity contribution in [2.75, 3.05) is 56.2 Å². The maximum absolute atomic E-state index is 14.1. The van der Waals surface area contributed by atoms with Gasteiger partial charge >= 0.3 is 0 Å². The van der Waals surface area contributed by atoms with E-state index in [-0.39, 0.29) is 11.7 Å². The third-order valence-corrected chi connectivity index (χ3v) is 6.96. The van der Waals surface area contributed by atoms with Gasteiger partial charge in [-0.05, 0) is 36.2 Å². The lowest BCUT2D eigenvalue weighted by Gasteiger charge is -2.36. The molecule has 0 spiro atoms. The van der Waals surface area contributed by atoms with E-state index in [9.17, 15) is 9.18 Å². The van der Waals surface area contributed by atoms with Crippen LogP contribution in [-0.4, -0.2) is 62.3 Å². The Balaban J connectivity index is 1.31. The monoisotopic (exact) mass is 529 g/mol. The molecule has 1 aliphatic rings. The van der Waals surface area contributed by atoms with Crippen molar-refractivity contribution in [1.29, 1.82) is 0 Å². The summed E-state index contributed by atoms with van der Waals surface area (Å²) in [4.78, 5) is 25.5. The average molecular weight is 530 g/mol. The minimum absolute atomic E-state index is 0.0942. The van der Waals surface area contributed by atoms with E-state index in [1.165, 1.54) is 17.8 Å². The number of methoxy groups -OCH3 is 1. The van der Waals surface area contributed by atoms with Crippen LogP contribution in [0.1, 0.15) is 22.3 Å². The van der Waals surface area contributed by atoms with Crippen molar-refractivity contribution < 1.29 is 13.9 Å². The van der Waals surface area contributed by atoms with E-state index in [1.54, 1.807) is 19.2 Å². The van der Waals surface area contributed by atoms with Gasteiger partial charge in [-0.1, -0.05) is 47.6 Å². The number of hydrogen-bond acceptors (Lipinski definition) is 7. The highest BCUT2D eigenvalue weighted by Gasteiger charge is 2.21. The molecular formula is C26H29ClFN5O2S. The number of thioether (sulfide) groups is 1. The molecule has 2 aromatic carbocycles. The molecule has 0 aliphatic carbocycles. The molecular weight excluding hydrogens is 501 g/mol. The highest BCUT2D eigenvalue weighted by atomic mass is 35.5. The van der Waals surface area contributed by atoms with E-state index in [0.29, 0.717) is 66.6 Å². The molecule has 1 aromatic heterocycles. The highest BCUT2D eigenvalue weighted by molar-refractivity contribution is 7.98. The molecule has 7 nitrogen and oxygen atoms in total. The van der Waals surface area contributed by atoms with Gasteiger partial charge in [0, 0.05) is 63.8 Å². The second-order valence-electron chi connectivity index (χ2n) is 8.34. The van der Waals surface area contributed by atoms with Gasteiger partial charge in [0.05, 0.1) is 5.69 Å². The lowest BCUT2D eigenvalue weighted by atomic mass is 10.1. The molecule has 0 radical (unpaired) electrons. The Morgan fingerprint density at radius 1 is 1.08 bits per heavy atom. The quantitative estimate of drug-likeness (QED) is 0.177. The van der Waals surface area contributed by atoms with Gasteiger partial charge in [0.25, 0.3) is 5.91 Å². The van der Waals surface area contributed by atoms with Crippen molar-refractivity contribution in [3.63, 3.8) is 0 Å². The number of ether oxygens (including phenoxy) is 1. The molecule has 1 N–H and O–H groups in total. The minimum atomic E-state index is -0.203. The number of nitrogens with zero attached hydrogens (tertiary/aromatic N) is 4. The zero-order valence-electron chi connectivity index (χ0n) is 20.1. The van der Waals surface area contributed by atoms with Gasteiger partial charge in [-0.25, -0.2) is 14.4 Å². The fourth-order valence-corrected chi connectivity index (χ4v) is 4.95. The molecule has 0 bridgehead atoms. The molecule has 36 heavy (non-hydrogen) atoms. The Morgan fingerprint density at radius 2 is 1.81 bits per heavy atom. The van der Waals surface area contributed by atoms with E-state index in [4.69, 9.17) is 21.3 Å². The molecule has 10 heteroatoms. The number of benzene rings is 2. The second-order valence-corrected chi connectivity index (χ2v) is 9.67. The van der Waals surface area contributed by atoms with Crippen molar-refractivity contribution in [1.82, 2.24) is 15.3 Å². The van der Waals surface area contributed by atoms with Crippen LogP contribution in [0.15, 0.2) is 59.8 Å². The van der Waals surface area contributed by atoms with E-state index in [2.05, 4.69) is 15.2 Å². The number of carbonyl (C=O) groups excluding carboxylic acids is 1. The van der Waals surface area contributed by atoms with Crippen LogP contribution in [0.4, 0.5) is 15.9 Å². The molecule has 1 fully saturated rings. The molecule has 0 atom stereocenters. The number of nitrogens with one attached hydrogen (secondary N) is 1. The number of rotatable bonds is 10. The Kier molecular flexibility index (Phi) is 9.38. The summed E-state index contributed by atoms with van der Waals surface area (Å²) in [6, 6.07) is 16.1. The fourth-order valence-electron chi connectivity index (χ4n) is 3.92. The Hall–Kier alpha value is -2.88. The number of carbonyl (C=O) groups is 1. The van der Waals surface area contributed by atoms with Gasteiger partial charge in [0.2, 0.25) is 0 Å². The molecule has 1 aliphatic heterocycles. The van der Waals surface area contributed by atoms with Gasteiger partial charge in [0.15, 0.2) is 5.16 Å². The molecule has 0 saturated carbocycles. The van der Waals surface area contributed by atoms with Gasteiger partial charge in [0.1, 0.15) is 16.8 Å². The van der Waals surface area contributed by atoms with Crippen LogP contribution in [0.2, 0.25) is 5.15 Å². The largest absolute Gasteiger partial charge is 0.385 e. The maximum Gasteiger partial charge on any atom is 0.251 e. The average Bonchev–Trinajstić information content (AvgIpc) is 2.90. The summed E-state index contributed by atoms with van der Waals surface area (Å²) in [7, 11) is 1.64. The summed E-state index contributed by atoms with van der Waals surface area (Å²) in [5.74, 6) is 1.12. The first kappa shape index (κ1) is 26.2. The number of para-hydroxylation sites is 1. The highest BCUT2D eigenvalue weighted by Crippen LogP contribution is 2.27. The van der Waals surface area contributed by atoms with Crippen LogP contribution in [0.25, 0.3) is 0 Å². The second kappa shape index (κ2) is 12.9. The summed E-state index contributed by atoms with van der Waals surface area (Å²) in [5.41, 5.74) is 2.31. The van der Waals surface area contributed by atoms with Crippen molar-refractivity contribution in [3.05, 3.63) is 76.7 Å². The summed E-state index contributed by atoms with van der Waals surface area (Å²) in [6.07, 6.45) is 0.778. The Bertz CT molecular complexity index is 1160. The van der Waals surface area contributed by atoms with Crippen LogP contribution >= 0.6 is 23.4 Å². The van der Waals surface area contributed by atoms with Crippen molar-refractivity contribution in [3.8, 4) is 0 Å². The topological polar surface area (TPSA) is 70.6 Å². The minimum Gasteiger partial charge on any atom is -0.385 e. The third kappa shape index (κ3) is 7.09. The maximum atomic E-state index is 14.1. The van der Waals surface area contributed by atoms with Gasteiger partial charge in [-0.3, -0.25) is 4.79 Å². The standard InChI is InChI=1S/C26H29ClFN5O2S/c1-35-16-4-11-29-25(34)20-9-7-19(8-10-20)18-36-26-30-23(27)17-24(31-26)33-14-12-32(13-15-33)22-6-3-2-5-21(22)28/h2-3,5-10,17H,4,11-16,18H2,1H3,(H,29,34). The van der Waals surface area contributed by atoms with Crippen LogP contribution in [0, 0.1) is 5.82 Å². The molecule has 190 valence electrons. The number of piperazine rings is 1. The summed E-state index contributed by atoms with van der Waals surface area (Å²) in [5, 5.41) is 3.86. The first-order valence-corrected chi connectivity index (χ1v) is 13.2. The molecule has 2 heterocycles. The molecule has 1 saturated heterocycles. The van der Waals surface area contributed by atoms with E-state index in [0.717, 1.165) is 17.8 Å². The number of hydrogen-bond donors (Lipinski definition) is 1. The third-order valence-electron chi connectivity index (χ3n) is 5.85. The molecule has 1 amide bonds. The number of amides is 1. The Morgan fingerprint density at radius 3 is 2.53 bits per heavy atom.